The maximum absolute atomic E-state index is 12.9. The molecule has 0 aliphatic heterocycles. The number of amides is 2. The number of rotatable bonds is 6. The van der Waals surface area contributed by atoms with Crippen LogP contribution in [0, 0.1) is 6.92 Å². The molecule has 0 bridgehead atoms. The maximum Gasteiger partial charge on any atom is 0.244 e. The van der Waals surface area contributed by atoms with E-state index in [0.717, 1.165) is 28.1 Å². The molecule has 0 aromatic heterocycles. The Morgan fingerprint density at radius 1 is 0.926 bits per heavy atom. The van der Waals surface area contributed by atoms with Crippen molar-refractivity contribution in [1.29, 1.82) is 0 Å². The number of nitrogens with one attached hydrogen (secondary N) is 1. The molecule has 4 nitrogen and oxygen atoms in total. The van der Waals surface area contributed by atoms with Gasteiger partial charge in [0.15, 0.2) is 0 Å². The molecule has 0 saturated carbocycles. The van der Waals surface area contributed by atoms with Gasteiger partial charge in [-0.1, -0.05) is 64.1 Å². The topological polar surface area (TPSA) is 49.4 Å². The van der Waals surface area contributed by atoms with Crippen molar-refractivity contribution >= 4 is 23.2 Å². The van der Waals surface area contributed by atoms with Gasteiger partial charge in [0.1, 0.15) is 6.54 Å². The number of aryl methyl sites for hydroxylation is 1. The molecule has 4 heteroatoms. The zero-order valence-electron chi connectivity index (χ0n) is 17.2. The Labute approximate surface area is 162 Å². The van der Waals surface area contributed by atoms with Crippen LogP contribution in [-0.4, -0.2) is 18.4 Å². The quantitative estimate of drug-likeness (QED) is 0.760. The van der Waals surface area contributed by atoms with E-state index in [1.54, 1.807) is 0 Å². The summed E-state index contributed by atoms with van der Waals surface area (Å²) in [4.78, 5) is 26.6. The highest BCUT2D eigenvalue weighted by Gasteiger charge is 2.20. The molecule has 27 heavy (non-hydrogen) atoms. The molecule has 2 rings (SSSR count). The third-order valence-electron chi connectivity index (χ3n) is 4.73. The summed E-state index contributed by atoms with van der Waals surface area (Å²) in [6, 6.07) is 13.7. The molecule has 1 N–H and O–H groups in total. The Morgan fingerprint density at radius 2 is 1.48 bits per heavy atom. The second-order valence-electron chi connectivity index (χ2n) is 7.56. The van der Waals surface area contributed by atoms with Crippen LogP contribution in [-0.2, 0) is 9.59 Å². The fourth-order valence-corrected chi connectivity index (χ4v) is 3.25. The van der Waals surface area contributed by atoms with Gasteiger partial charge in [-0.05, 0) is 41.5 Å². The van der Waals surface area contributed by atoms with E-state index in [0.29, 0.717) is 11.8 Å². The summed E-state index contributed by atoms with van der Waals surface area (Å²) in [6.07, 6.45) is 0. The lowest BCUT2D eigenvalue weighted by molar-refractivity contribution is -0.120. The molecule has 144 valence electrons. The van der Waals surface area contributed by atoms with E-state index in [4.69, 9.17) is 0 Å². The molecule has 0 heterocycles. The number of benzene rings is 2. The molecule has 0 saturated heterocycles. The Hall–Kier alpha value is -2.62. The lowest BCUT2D eigenvalue weighted by Crippen LogP contribution is -2.37. The molecule has 0 fully saturated rings. The monoisotopic (exact) mass is 366 g/mol. The first-order valence-corrected chi connectivity index (χ1v) is 9.48. The minimum absolute atomic E-state index is 0.00977. The van der Waals surface area contributed by atoms with Gasteiger partial charge in [-0.3, -0.25) is 9.59 Å². The van der Waals surface area contributed by atoms with Crippen molar-refractivity contribution in [2.24, 2.45) is 0 Å². The number of hydrogen-bond acceptors (Lipinski definition) is 2. The molecule has 2 aromatic carbocycles. The van der Waals surface area contributed by atoms with E-state index in [-0.39, 0.29) is 18.4 Å². The predicted molar refractivity (Wildman–Crippen MR) is 112 cm³/mol. The van der Waals surface area contributed by atoms with Gasteiger partial charge >= 0.3 is 0 Å². The average molecular weight is 367 g/mol. The van der Waals surface area contributed by atoms with Crippen LogP contribution in [0.5, 0.6) is 0 Å². The van der Waals surface area contributed by atoms with Crippen LogP contribution >= 0.6 is 0 Å². The van der Waals surface area contributed by atoms with E-state index >= 15 is 0 Å². The number of carbonyl (C=O) groups is 2. The Morgan fingerprint density at radius 3 is 1.96 bits per heavy atom. The standard InChI is InChI=1S/C23H30N2O2/c1-15(2)19-11-9-12-20(16(3)4)23(19)24-22(27)14-25(18(6)26)21-13-8-7-10-17(21)5/h7-13,15-16H,14H2,1-6H3,(H,24,27). The number of anilines is 2. The van der Waals surface area contributed by atoms with Crippen LogP contribution in [0.2, 0.25) is 0 Å². The third-order valence-corrected chi connectivity index (χ3v) is 4.73. The first-order valence-electron chi connectivity index (χ1n) is 9.48. The summed E-state index contributed by atoms with van der Waals surface area (Å²) in [6.45, 7) is 11.9. The fourth-order valence-electron chi connectivity index (χ4n) is 3.25. The maximum atomic E-state index is 12.9. The molecule has 0 spiro atoms. The van der Waals surface area contributed by atoms with Gasteiger partial charge in [0.2, 0.25) is 11.8 Å². The minimum Gasteiger partial charge on any atom is -0.324 e. The van der Waals surface area contributed by atoms with Crippen LogP contribution in [0.25, 0.3) is 0 Å². The minimum atomic E-state index is -0.191. The molecular weight excluding hydrogens is 336 g/mol. The van der Waals surface area contributed by atoms with Crippen molar-refractivity contribution < 1.29 is 9.59 Å². The highest BCUT2D eigenvalue weighted by atomic mass is 16.2. The molecule has 0 aliphatic carbocycles. The van der Waals surface area contributed by atoms with Crippen molar-refractivity contribution in [3.63, 3.8) is 0 Å². The summed E-state index contributed by atoms with van der Waals surface area (Å²) in [7, 11) is 0. The molecule has 2 aromatic rings. The first-order chi connectivity index (χ1) is 12.7. The van der Waals surface area contributed by atoms with Gasteiger partial charge in [-0.25, -0.2) is 0 Å². The summed E-state index contributed by atoms with van der Waals surface area (Å²) >= 11 is 0. The lowest BCUT2D eigenvalue weighted by Gasteiger charge is -2.24. The van der Waals surface area contributed by atoms with Gasteiger partial charge in [0.05, 0.1) is 0 Å². The molecule has 0 aliphatic rings. The van der Waals surface area contributed by atoms with Crippen molar-refractivity contribution in [1.82, 2.24) is 0 Å². The van der Waals surface area contributed by atoms with Gasteiger partial charge in [-0.2, -0.15) is 0 Å². The highest BCUT2D eigenvalue weighted by molar-refractivity contribution is 6.02. The van der Waals surface area contributed by atoms with E-state index in [1.165, 1.54) is 11.8 Å². The molecule has 0 radical (unpaired) electrons. The van der Waals surface area contributed by atoms with Crippen LogP contribution in [0.1, 0.15) is 63.1 Å². The third kappa shape index (κ3) is 4.97. The Kier molecular flexibility index (Phi) is 6.78. The first kappa shape index (κ1) is 20.7. The summed E-state index contributed by atoms with van der Waals surface area (Å²) < 4.78 is 0. The average Bonchev–Trinajstić information content (AvgIpc) is 2.60. The number of carbonyl (C=O) groups excluding carboxylic acids is 2. The van der Waals surface area contributed by atoms with Crippen LogP contribution in [0.4, 0.5) is 11.4 Å². The second-order valence-corrected chi connectivity index (χ2v) is 7.56. The van der Waals surface area contributed by atoms with Crippen LogP contribution in [0.15, 0.2) is 42.5 Å². The smallest absolute Gasteiger partial charge is 0.244 e. The summed E-state index contributed by atoms with van der Waals surface area (Å²) in [5.41, 5.74) is 4.83. The normalized spacial score (nSPS) is 11.0. The van der Waals surface area contributed by atoms with E-state index in [2.05, 4.69) is 45.1 Å². The molecule has 0 atom stereocenters. The van der Waals surface area contributed by atoms with Gasteiger partial charge in [-0.15, -0.1) is 0 Å². The summed E-state index contributed by atoms with van der Waals surface area (Å²) in [5.74, 6) is 0.239. The van der Waals surface area contributed by atoms with Crippen LogP contribution < -0.4 is 10.2 Å². The van der Waals surface area contributed by atoms with Crippen molar-refractivity contribution in [2.75, 3.05) is 16.8 Å². The number of para-hydroxylation sites is 2. The van der Waals surface area contributed by atoms with E-state index < -0.39 is 0 Å². The van der Waals surface area contributed by atoms with Gasteiger partial charge in [0, 0.05) is 18.3 Å². The van der Waals surface area contributed by atoms with Crippen molar-refractivity contribution in [2.45, 2.75) is 53.4 Å². The van der Waals surface area contributed by atoms with E-state index in [9.17, 15) is 9.59 Å². The zero-order chi connectivity index (χ0) is 20.1. The Bertz CT molecular complexity index is 799. The zero-order valence-corrected chi connectivity index (χ0v) is 17.2. The molecular formula is C23H30N2O2. The van der Waals surface area contributed by atoms with Crippen LogP contribution in [0.3, 0.4) is 0 Å². The molecule has 2 amide bonds. The largest absolute Gasteiger partial charge is 0.324 e. The highest BCUT2D eigenvalue weighted by Crippen LogP contribution is 2.32. The second kappa shape index (κ2) is 8.85. The number of nitrogens with zero attached hydrogens (tertiary/aromatic N) is 1. The SMILES string of the molecule is CC(=O)N(CC(=O)Nc1c(C(C)C)cccc1C(C)C)c1ccccc1C. The lowest BCUT2D eigenvalue weighted by atomic mass is 9.92. The Balaban J connectivity index is 2.32. The number of hydrogen-bond donors (Lipinski definition) is 1. The van der Waals surface area contributed by atoms with Gasteiger partial charge in [0.25, 0.3) is 0 Å². The molecule has 0 unspecified atom stereocenters. The van der Waals surface area contributed by atoms with Gasteiger partial charge < -0.3 is 10.2 Å². The summed E-state index contributed by atoms with van der Waals surface area (Å²) in [5, 5.41) is 3.08. The fraction of sp³-hybridized carbons (Fsp3) is 0.391. The van der Waals surface area contributed by atoms with Crippen molar-refractivity contribution in [3.05, 3.63) is 59.2 Å². The van der Waals surface area contributed by atoms with E-state index in [1.807, 2.05) is 37.3 Å². The van der Waals surface area contributed by atoms with Crippen molar-refractivity contribution in [3.8, 4) is 0 Å². The predicted octanol–water partition coefficient (Wildman–Crippen LogP) is 5.23.